The molecule has 2 aromatic rings. The Labute approximate surface area is 186 Å². The largest absolute Gasteiger partial charge is 0.481 e. The van der Waals surface area contributed by atoms with Gasteiger partial charge in [0.05, 0.1) is 4.90 Å². The zero-order valence-corrected chi connectivity index (χ0v) is 18.7. The van der Waals surface area contributed by atoms with Gasteiger partial charge in [-0.15, -0.1) is 0 Å². The van der Waals surface area contributed by atoms with Crippen LogP contribution < -0.4 is 9.64 Å². The topological polar surface area (TPSA) is 49.9 Å². The number of benzene rings is 2. The number of sulfonamides is 1. The van der Waals surface area contributed by atoms with E-state index >= 15 is 0 Å². The van der Waals surface area contributed by atoms with Crippen molar-refractivity contribution in [1.82, 2.24) is 4.31 Å². The number of nitrogens with zero attached hydrogens (tertiary/aromatic N) is 2. The Hall–Kier alpha value is -2.26. The summed E-state index contributed by atoms with van der Waals surface area (Å²) in [6, 6.07) is 15.2. The van der Waals surface area contributed by atoms with Crippen LogP contribution in [0.15, 0.2) is 59.5 Å². The number of anilines is 1. The van der Waals surface area contributed by atoms with E-state index in [1.54, 1.807) is 58.9 Å². The first kappa shape index (κ1) is 22.9. The maximum Gasteiger partial charge on any atom is 0.425 e. The molecule has 0 saturated carbocycles. The first-order valence-electron chi connectivity index (χ1n) is 10.7. The van der Waals surface area contributed by atoms with Crippen molar-refractivity contribution in [2.24, 2.45) is 5.41 Å². The summed E-state index contributed by atoms with van der Waals surface area (Å²) >= 11 is 0. The van der Waals surface area contributed by atoms with Gasteiger partial charge in [-0.1, -0.05) is 18.2 Å². The van der Waals surface area contributed by atoms with E-state index in [4.69, 9.17) is 4.74 Å². The number of alkyl halides is 3. The lowest BCUT2D eigenvalue weighted by Gasteiger charge is -2.38. The van der Waals surface area contributed by atoms with Gasteiger partial charge >= 0.3 is 6.18 Å². The fraction of sp³-hybridized carbons (Fsp3) is 0.478. The maximum absolute atomic E-state index is 12.9. The molecule has 0 aliphatic carbocycles. The zero-order valence-electron chi connectivity index (χ0n) is 17.9. The van der Waals surface area contributed by atoms with Gasteiger partial charge in [-0.3, -0.25) is 0 Å². The van der Waals surface area contributed by atoms with E-state index in [2.05, 4.69) is 4.90 Å². The second-order valence-electron chi connectivity index (χ2n) is 8.68. The molecule has 4 rings (SSSR count). The van der Waals surface area contributed by atoms with Crippen LogP contribution in [0.2, 0.25) is 0 Å². The molecule has 2 aliphatic heterocycles. The summed E-state index contributed by atoms with van der Waals surface area (Å²) in [5, 5.41) is 0. The molecular formula is C23H27F3N2O3S. The highest BCUT2D eigenvalue weighted by Crippen LogP contribution is 2.43. The van der Waals surface area contributed by atoms with Crippen molar-refractivity contribution >= 4 is 15.7 Å². The molecule has 1 atom stereocenters. The lowest BCUT2D eigenvalue weighted by molar-refractivity contribution is -0.189. The van der Waals surface area contributed by atoms with E-state index in [0.717, 1.165) is 45.0 Å². The second-order valence-corrected chi connectivity index (χ2v) is 10.6. The first-order chi connectivity index (χ1) is 15.1. The number of hydrogen-bond donors (Lipinski definition) is 0. The monoisotopic (exact) mass is 468 g/mol. The Morgan fingerprint density at radius 1 is 0.938 bits per heavy atom. The van der Waals surface area contributed by atoms with Gasteiger partial charge in [-0.05, 0) is 68.0 Å². The molecule has 1 spiro atoms. The van der Waals surface area contributed by atoms with E-state index in [0.29, 0.717) is 18.0 Å². The molecule has 5 nitrogen and oxygen atoms in total. The summed E-state index contributed by atoms with van der Waals surface area (Å²) in [4.78, 5) is 2.55. The highest BCUT2D eigenvalue weighted by Gasteiger charge is 2.43. The molecular weight excluding hydrogens is 441 g/mol. The van der Waals surface area contributed by atoms with E-state index < -0.39 is 22.3 Å². The van der Waals surface area contributed by atoms with Crippen LogP contribution in [-0.4, -0.2) is 51.2 Å². The van der Waals surface area contributed by atoms with Crippen LogP contribution in [0, 0.1) is 5.41 Å². The van der Waals surface area contributed by atoms with Gasteiger partial charge in [-0.2, -0.15) is 17.5 Å². The van der Waals surface area contributed by atoms with Gasteiger partial charge < -0.3 is 9.64 Å². The Morgan fingerprint density at radius 2 is 1.53 bits per heavy atom. The molecule has 2 aliphatic rings. The van der Waals surface area contributed by atoms with E-state index in [-0.39, 0.29) is 11.2 Å². The van der Waals surface area contributed by atoms with Crippen LogP contribution in [0.4, 0.5) is 18.9 Å². The van der Waals surface area contributed by atoms with Gasteiger partial charge in [-0.25, -0.2) is 8.42 Å². The Bertz CT molecular complexity index is 1020. The summed E-state index contributed by atoms with van der Waals surface area (Å²) in [5.74, 6) is 0.187. The third-order valence-electron chi connectivity index (χ3n) is 6.58. The van der Waals surface area contributed by atoms with Gasteiger partial charge in [0.2, 0.25) is 10.0 Å². The van der Waals surface area contributed by atoms with Crippen LogP contribution in [0.3, 0.4) is 0 Å². The van der Waals surface area contributed by atoms with Crippen LogP contribution in [0.5, 0.6) is 5.75 Å². The Kier molecular flexibility index (Phi) is 6.15. The molecule has 9 heteroatoms. The number of piperidine rings is 1. The minimum absolute atomic E-state index is 0.0582. The maximum atomic E-state index is 12.9. The highest BCUT2D eigenvalue weighted by molar-refractivity contribution is 7.89. The smallest absolute Gasteiger partial charge is 0.425 e. The molecule has 32 heavy (non-hydrogen) atoms. The van der Waals surface area contributed by atoms with E-state index in [1.807, 2.05) is 0 Å². The summed E-state index contributed by atoms with van der Waals surface area (Å²) in [6.45, 7) is 3.62. The van der Waals surface area contributed by atoms with Crippen molar-refractivity contribution in [3.63, 3.8) is 0 Å². The molecule has 0 amide bonds. The summed E-state index contributed by atoms with van der Waals surface area (Å²) in [7, 11) is -3.47. The number of hydrogen-bond acceptors (Lipinski definition) is 4. The van der Waals surface area contributed by atoms with Crippen molar-refractivity contribution in [3.8, 4) is 5.75 Å². The fourth-order valence-corrected chi connectivity index (χ4v) is 5.98. The minimum atomic E-state index is -4.40. The van der Waals surface area contributed by atoms with Gasteiger partial charge in [0.1, 0.15) is 5.75 Å². The third kappa shape index (κ3) is 4.73. The summed E-state index contributed by atoms with van der Waals surface area (Å²) in [5.41, 5.74) is 0.996. The predicted octanol–water partition coefficient (Wildman–Crippen LogP) is 4.70. The molecule has 174 valence electrons. The minimum Gasteiger partial charge on any atom is -0.481 e. The molecule has 0 aromatic heterocycles. The van der Waals surface area contributed by atoms with Crippen molar-refractivity contribution < 1.29 is 26.3 Å². The van der Waals surface area contributed by atoms with Crippen LogP contribution in [0.1, 0.15) is 26.2 Å². The third-order valence-corrected chi connectivity index (χ3v) is 8.49. The molecule has 0 radical (unpaired) electrons. The van der Waals surface area contributed by atoms with E-state index in [1.165, 1.54) is 0 Å². The molecule has 2 aromatic carbocycles. The summed E-state index contributed by atoms with van der Waals surface area (Å²) < 4.78 is 70.4. The van der Waals surface area contributed by atoms with Gasteiger partial charge in [0.15, 0.2) is 6.10 Å². The van der Waals surface area contributed by atoms with Crippen molar-refractivity contribution in [1.29, 1.82) is 0 Å². The normalized spacial score (nSPS) is 20.4. The SMILES string of the molecule is CC(Oc1ccc(N2CCC3(CCN(S(=O)(=O)c4ccccc4)CC3)C2)cc1)C(F)(F)F. The summed E-state index contributed by atoms with van der Waals surface area (Å²) in [6.07, 6.45) is -3.71. The van der Waals surface area contributed by atoms with Gasteiger partial charge in [0.25, 0.3) is 0 Å². The van der Waals surface area contributed by atoms with Crippen molar-refractivity contribution in [2.75, 3.05) is 31.1 Å². The molecule has 0 bridgehead atoms. The van der Waals surface area contributed by atoms with Crippen molar-refractivity contribution in [2.45, 2.75) is 43.4 Å². The lowest BCUT2D eigenvalue weighted by atomic mass is 9.78. The average molecular weight is 469 g/mol. The molecule has 0 N–H and O–H groups in total. The highest BCUT2D eigenvalue weighted by atomic mass is 32.2. The quantitative estimate of drug-likeness (QED) is 0.639. The second kappa shape index (κ2) is 8.59. The van der Waals surface area contributed by atoms with Crippen LogP contribution >= 0.6 is 0 Å². The molecule has 1 unspecified atom stereocenters. The van der Waals surface area contributed by atoms with Crippen LogP contribution in [0.25, 0.3) is 0 Å². The molecule has 2 saturated heterocycles. The van der Waals surface area contributed by atoms with Gasteiger partial charge in [0, 0.05) is 31.9 Å². The van der Waals surface area contributed by atoms with Crippen molar-refractivity contribution in [3.05, 3.63) is 54.6 Å². The standard InChI is InChI=1S/C23H27F3N2O3S/c1-18(23(24,25)26)31-20-9-7-19(8-10-20)27-14-11-22(17-27)12-15-28(16-13-22)32(29,30)21-5-3-2-4-6-21/h2-10,18H,11-17H2,1H3. The predicted molar refractivity (Wildman–Crippen MR) is 116 cm³/mol. The number of ether oxygens (including phenoxy) is 1. The van der Waals surface area contributed by atoms with E-state index in [9.17, 15) is 21.6 Å². The Morgan fingerprint density at radius 3 is 2.12 bits per heavy atom. The Balaban J connectivity index is 1.36. The fourth-order valence-electron chi connectivity index (χ4n) is 4.51. The first-order valence-corrected chi connectivity index (χ1v) is 12.2. The number of rotatable bonds is 5. The molecule has 2 fully saturated rings. The lowest BCUT2D eigenvalue weighted by Crippen LogP contribution is -2.44. The zero-order chi connectivity index (χ0) is 23.0. The number of halogens is 3. The van der Waals surface area contributed by atoms with Crippen LogP contribution in [-0.2, 0) is 10.0 Å². The molecule has 2 heterocycles. The average Bonchev–Trinajstić information content (AvgIpc) is 3.18.